The largest absolute Gasteiger partial charge is 0.489 e. The molecule has 0 atom stereocenters. The number of esters is 1. The lowest BCUT2D eigenvalue weighted by Gasteiger charge is -2.09. The molecular formula is C16H13ClO5. The van der Waals surface area contributed by atoms with Crippen LogP contribution in [0.1, 0.15) is 15.9 Å². The monoisotopic (exact) mass is 320 g/mol. The highest BCUT2D eigenvalue weighted by molar-refractivity contribution is 6.32. The van der Waals surface area contributed by atoms with Gasteiger partial charge in [-0.2, -0.15) is 0 Å². The second-order valence-electron chi connectivity index (χ2n) is 4.62. The predicted octanol–water partition coefficient (Wildman–Crippen LogP) is 3.43. The Morgan fingerprint density at radius 3 is 2.95 bits per heavy atom. The van der Waals surface area contributed by atoms with Crippen molar-refractivity contribution in [1.29, 1.82) is 0 Å². The van der Waals surface area contributed by atoms with Gasteiger partial charge in [0.05, 0.1) is 17.7 Å². The van der Waals surface area contributed by atoms with Crippen molar-refractivity contribution in [2.75, 3.05) is 13.9 Å². The average molecular weight is 321 g/mol. The molecule has 5 nitrogen and oxygen atoms in total. The van der Waals surface area contributed by atoms with Gasteiger partial charge in [-0.3, -0.25) is 0 Å². The first kappa shape index (κ1) is 14.5. The number of methoxy groups -OCH3 is 1. The van der Waals surface area contributed by atoms with Crippen LogP contribution in [0, 0.1) is 0 Å². The first-order valence-corrected chi connectivity index (χ1v) is 6.94. The van der Waals surface area contributed by atoms with E-state index in [2.05, 4.69) is 4.74 Å². The van der Waals surface area contributed by atoms with Gasteiger partial charge in [0, 0.05) is 0 Å². The summed E-state index contributed by atoms with van der Waals surface area (Å²) in [6.45, 7) is 0.460. The first-order valence-electron chi connectivity index (χ1n) is 6.56. The van der Waals surface area contributed by atoms with Crippen LogP contribution in [0.3, 0.4) is 0 Å². The Balaban J connectivity index is 1.73. The Labute approximate surface area is 132 Å². The molecule has 0 aromatic heterocycles. The minimum atomic E-state index is -0.406. The van der Waals surface area contributed by atoms with Crippen LogP contribution in [0.25, 0.3) is 0 Å². The lowest BCUT2D eigenvalue weighted by molar-refractivity contribution is 0.0600. The normalized spacial score (nSPS) is 12.1. The van der Waals surface area contributed by atoms with Crippen LogP contribution in [-0.2, 0) is 11.3 Å². The van der Waals surface area contributed by atoms with Crippen molar-refractivity contribution in [3.63, 3.8) is 0 Å². The van der Waals surface area contributed by atoms with Crippen LogP contribution in [0.5, 0.6) is 17.2 Å². The molecule has 3 rings (SSSR count). The molecule has 1 heterocycles. The Bertz CT molecular complexity index is 714. The summed E-state index contributed by atoms with van der Waals surface area (Å²) < 4.78 is 20.9. The van der Waals surface area contributed by atoms with Crippen LogP contribution in [0.15, 0.2) is 36.4 Å². The van der Waals surface area contributed by atoms with E-state index < -0.39 is 5.97 Å². The number of fused-ring (bicyclic) bond motifs is 1. The van der Waals surface area contributed by atoms with E-state index in [0.29, 0.717) is 34.4 Å². The summed E-state index contributed by atoms with van der Waals surface area (Å²) in [6, 6.07) is 10.4. The van der Waals surface area contributed by atoms with Gasteiger partial charge in [0.15, 0.2) is 11.5 Å². The maximum absolute atomic E-state index is 11.5. The van der Waals surface area contributed by atoms with Crippen molar-refractivity contribution < 1.29 is 23.7 Å². The molecule has 22 heavy (non-hydrogen) atoms. The quantitative estimate of drug-likeness (QED) is 0.808. The Hall–Kier alpha value is -2.40. The minimum absolute atomic E-state index is 0.167. The van der Waals surface area contributed by atoms with E-state index in [4.69, 9.17) is 25.8 Å². The van der Waals surface area contributed by atoms with Crippen molar-refractivity contribution in [3.05, 3.63) is 52.5 Å². The third kappa shape index (κ3) is 2.94. The smallest absolute Gasteiger partial charge is 0.337 e. The van der Waals surface area contributed by atoms with Gasteiger partial charge >= 0.3 is 5.97 Å². The fourth-order valence-electron chi connectivity index (χ4n) is 2.10. The Kier molecular flexibility index (Phi) is 4.06. The van der Waals surface area contributed by atoms with Crippen LogP contribution >= 0.6 is 11.6 Å². The molecular weight excluding hydrogens is 308 g/mol. The van der Waals surface area contributed by atoms with E-state index in [-0.39, 0.29) is 6.79 Å². The molecule has 0 bridgehead atoms. The summed E-state index contributed by atoms with van der Waals surface area (Å²) in [5.74, 6) is 1.32. The van der Waals surface area contributed by atoms with Gasteiger partial charge in [-0.1, -0.05) is 17.7 Å². The van der Waals surface area contributed by atoms with E-state index in [0.717, 1.165) is 5.56 Å². The molecule has 2 aromatic rings. The molecule has 0 amide bonds. The molecule has 1 aliphatic heterocycles. The minimum Gasteiger partial charge on any atom is -0.489 e. The average Bonchev–Trinajstić information content (AvgIpc) is 3.01. The highest BCUT2D eigenvalue weighted by Crippen LogP contribution is 2.39. The number of carbonyl (C=O) groups excluding carboxylic acids is 1. The molecule has 1 aliphatic rings. The van der Waals surface area contributed by atoms with E-state index in [9.17, 15) is 4.79 Å². The zero-order valence-electron chi connectivity index (χ0n) is 11.8. The number of halogens is 1. The molecule has 0 radical (unpaired) electrons. The van der Waals surface area contributed by atoms with Crippen molar-refractivity contribution in [2.45, 2.75) is 6.61 Å². The third-order valence-electron chi connectivity index (χ3n) is 3.15. The SMILES string of the molecule is COC(=O)c1cccc(OCc2cc(Cl)c3c(c2)OCO3)c1. The molecule has 0 N–H and O–H groups in total. The van der Waals surface area contributed by atoms with Crippen molar-refractivity contribution in [3.8, 4) is 17.2 Å². The van der Waals surface area contributed by atoms with Crippen molar-refractivity contribution >= 4 is 17.6 Å². The van der Waals surface area contributed by atoms with E-state index in [1.54, 1.807) is 30.3 Å². The molecule has 0 spiro atoms. The fraction of sp³-hybridized carbons (Fsp3) is 0.188. The predicted molar refractivity (Wildman–Crippen MR) is 79.7 cm³/mol. The molecule has 2 aromatic carbocycles. The van der Waals surface area contributed by atoms with Gasteiger partial charge in [0.25, 0.3) is 0 Å². The zero-order chi connectivity index (χ0) is 15.5. The van der Waals surface area contributed by atoms with Gasteiger partial charge in [0.1, 0.15) is 12.4 Å². The van der Waals surface area contributed by atoms with E-state index in [1.807, 2.05) is 6.07 Å². The standard InChI is InChI=1S/C16H13ClO5/c1-19-16(18)11-3-2-4-12(7-11)20-8-10-5-13(17)15-14(6-10)21-9-22-15/h2-7H,8-9H2,1H3. The second kappa shape index (κ2) is 6.15. The summed E-state index contributed by atoms with van der Waals surface area (Å²) in [7, 11) is 1.34. The molecule has 0 saturated carbocycles. The number of benzene rings is 2. The van der Waals surface area contributed by atoms with Gasteiger partial charge < -0.3 is 18.9 Å². The van der Waals surface area contributed by atoms with E-state index >= 15 is 0 Å². The maximum Gasteiger partial charge on any atom is 0.337 e. The first-order chi connectivity index (χ1) is 10.7. The van der Waals surface area contributed by atoms with E-state index in [1.165, 1.54) is 7.11 Å². The number of hydrogen-bond donors (Lipinski definition) is 0. The Morgan fingerprint density at radius 1 is 1.27 bits per heavy atom. The van der Waals surface area contributed by atoms with Gasteiger partial charge in [-0.05, 0) is 35.9 Å². The topological polar surface area (TPSA) is 54.0 Å². The van der Waals surface area contributed by atoms with Gasteiger partial charge in [0.2, 0.25) is 6.79 Å². The number of carbonyl (C=O) groups is 1. The molecule has 6 heteroatoms. The summed E-state index contributed by atoms with van der Waals surface area (Å²) in [4.78, 5) is 11.5. The number of hydrogen-bond acceptors (Lipinski definition) is 5. The number of ether oxygens (including phenoxy) is 4. The molecule has 114 valence electrons. The van der Waals surface area contributed by atoms with Gasteiger partial charge in [-0.25, -0.2) is 4.79 Å². The zero-order valence-corrected chi connectivity index (χ0v) is 12.6. The third-order valence-corrected chi connectivity index (χ3v) is 3.43. The fourth-order valence-corrected chi connectivity index (χ4v) is 2.39. The van der Waals surface area contributed by atoms with Crippen LogP contribution in [-0.4, -0.2) is 19.9 Å². The van der Waals surface area contributed by atoms with Crippen LogP contribution < -0.4 is 14.2 Å². The van der Waals surface area contributed by atoms with Crippen molar-refractivity contribution in [2.24, 2.45) is 0 Å². The molecule has 0 fully saturated rings. The number of rotatable bonds is 4. The highest BCUT2D eigenvalue weighted by Gasteiger charge is 2.18. The highest BCUT2D eigenvalue weighted by atomic mass is 35.5. The summed E-state index contributed by atoms with van der Waals surface area (Å²) in [5, 5.41) is 0.483. The molecule has 0 saturated heterocycles. The van der Waals surface area contributed by atoms with Gasteiger partial charge in [-0.15, -0.1) is 0 Å². The second-order valence-corrected chi connectivity index (χ2v) is 5.03. The summed E-state index contributed by atoms with van der Waals surface area (Å²) in [5.41, 5.74) is 1.28. The lowest BCUT2D eigenvalue weighted by atomic mass is 10.2. The molecule has 0 unspecified atom stereocenters. The van der Waals surface area contributed by atoms with Crippen LogP contribution in [0.2, 0.25) is 5.02 Å². The Morgan fingerprint density at radius 2 is 2.14 bits per heavy atom. The summed E-state index contributed by atoms with van der Waals surface area (Å²) in [6.07, 6.45) is 0. The summed E-state index contributed by atoms with van der Waals surface area (Å²) >= 11 is 6.12. The van der Waals surface area contributed by atoms with Crippen molar-refractivity contribution in [1.82, 2.24) is 0 Å². The molecule has 0 aliphatic carbocycles. The van der Waals surface area contributed by atoms with Crippen LogP contribution in [0.4, 0.5) is 0 Å². The lowest BCUT2D eigenvalue weighted by Crippen LogP contribution is -2.02. The maximum atomic E-state index is 11.5.